The van der Waals surface area contributed by atoms with Gasteiger partial charge in [-0.05, 0) is 16.7 Å². The molecule has 1 unspecified atom stereocenters. The zero-order valence-electron chi connectivity index (χ0n) is 16.5. The van der Waals surface area contributed by atoms with Crippen LogP contribution in [-0.4, -0.2) is 16.9 Å². The molecule has 0 aromatic heterocycles. The topological polar surface area (TPSA) is 15.3 Å². The second kappa shape index (κ2) is 9.03. The predicted molar refractivity (Wildman–Crippen MR) is 112 cm³/mol. The molecule has 1 aliphatic rings. The van der Waals surface area contributed by atoms with Crippen LogP contribution < -0.4 is 34.9 Å². The summed E-state index contributed by atoms with van der Waals surface area (Å²) in [5.41, 5.74) is 3.30. The molecule has 0 radical (unpaired) electrons. The normalized spacial score (nSPS) is 14.3. The fourth-order valence-electron chi connectivity index (χ4n) is 3.83. The van der Waals surface area contributed by atoms with Gasteiger partial charge in [0.2, 0.25) is 0 Å². The molecular formula is C23H23N2NaS. The van der Waals surface area contributed by atoms with E-state index in [2.05, 4.69) is 107 Å². The molecule has 0 fully saturated rings. The Kier molecular flexibility index (Phi) is 6.72. The number of benzene rings is 3. The minimum absolute atomic E-state index is 0. The molecule has 0 aliphatic carbocycles. The van der Waals surface area contributed by atoms with Crippen LogP contribution in [0.1, 0.15) is 18.1 Å². The molecule has 1 aliphatic heterocycles. The van der Waals surface area contributed by atoms with Crippen LogP contribution in [0, 0.1) is 0 Å². The fourth-order valence-corrected chi connectivity index (χ4v) is 4.43. The summed E-state index contributed by atoms with van der Waals surface area (Å²) in [5, 5.41) is 3.21. The standard InChI is InChI=1S/C23H22N2S.Na.H/c26-22(25-17-16-24-18-25)23(19-10-4-1-5-11-19,20-12-6-2-7-13-20)21-14-8-3-9-15-21;;/h1-17,22,24,26H,18H2;;/q;+1;-1. The molecule has 2 nitrogen and oxygen atoms in total. The van der Waals surface area contributed by atoms with Gasteiger partial charge in [0.25, 0.3) is 0 Å². The Morgan fingerprint density at radius 1 is 0.778 bits per heavy atom. The Morgan fingerprint density at radius 2 is 1.19 bits per heavy atom. The zero-order valence-corrected chi connectivity index (χ0v) is 18.4. The van der Waals surface area contributed by atoms with Crippen molar-refractivity contribution in [2.75, 3.05) is 6.67 Å². The second-order valence-corrected chi connectivity index (χ2v) is 6.96. The molecule has 3 aromatic rings. The van der Waals surface area contributed by atoms with Crippen molar-refractivity contribution in [1.29, 1.82) is 0 Å². The number of nitrogens with zero attached hydrogens (tertiary/aromatic N) is 1. The molecule has 4 heteroatoms. The molecule has 132 valence electrons. The molecule has 0 bridgehead atoms. The van der Waals surface area contributed by atoms with Crippen molar-refractivity contribution in [2.45, 2.75) is 10.8 Å². The van der Waals surface area contributed by atoms with E-state index >= 15 is 0 Å². The van der Waals surface area contributed by atoms with Crippen LogP contribution in [-0.2, 0) is 5.41 Å². The van der Waals surface area contributed by atoms with Gasteiger partial charge < -0.3 is 11.6 Å². The van der Waals surface area contributed by atoms with Crippen LogP contribution in [0.25, 0.3) is 0 Å². The SMILES string of the molecule is SC(N1C=CNC1)C(c1ccccc1)(c1ccccc1)c1ccccc1.[H-].[Na+]. The van der Waals surface area contributed by atoms with Crippen molar-refractivity contribution >= 4 is 12.6 Å². The Hall–Kier alpha value is -1.65. The molecule has 4 rings (SSSR count). The van der Waals surface area contributed by atoms with Crippen molar-refractivity contribution in [3.8, 4) is 0 Å². The van der Waals surface area contributed by atoms with E-state index in [9.17, 15) is 0 Å². The molecule has 0 spiro atoms. The number of hydrogen-bond acceptors (Lipinski definition) is 3. The maximum atomic E-state index is 5.17. The first-order chi connectivity index (χ1) is 12.8. The number of rotatable bonds is 5. The van der Waals surface area contributed by atoms with Gasteiger partial charge in [0.15, 0.2) is 0 Å². The van der Waals surface area contributed by atoms with Crippen LogP contribution in [0.3, 0.4) is 0 Å². The van der Waals surface area contributed by atoms with Crippen LogP contribution in [0.5, 0.6) is 0 Å². The molecule has 0 saturated carbocycles. The Morgan fingerprint density at radius 3 is 1.52 bits per heavy atom. The van der Waals surface area contributed by atoms with Gasteiger partial charge in [-0.2, -0.15) is 12.6 Å². The van der Waals surface area contributed by atoms with Gasteiger partial charge in [0, 0.05) is 12.4 Å². The van der Waals surface area contributed by atoms with Crippen molar-refractivity contribution in [3.63, 3.8) is 0 Å². The summed E-state index contributed by atoms with van der Waals surface area (Å²) in [5.74, 6) is 0. The van der Waals surface area contributed by atoms with Crippen LogP contribution in [0.4, 0.5) is 0 Å². The van der Waals surface area contributed by atoms with E-state index in [0.29, 0.717) is 0 Å². The van der Waals surface area contributed by atoms with E-state index in [1.54, 1.807) is 0 Å². The summed E-state index contributed by atoms with van der Waals surface area (Å²) in [6.07, 6.45) is 4.07. The van der Waals surface area contributed by atoms with Crippen molar-refractivity contribution < 1.29 is 31.0 Å². The van der Waals surface area contributed by atoms with Crippen LogP contribution >= 0.6 is 12.6 Å². The van der Waals surface area contributed by atoms with Crippen molar-refractivity contribution in [2.24, 2.45) is 0 Å². The van der Waals surface area contributed by atoms with E-state index in [4.69, 9.17) is 12.6 Å². The molecule has 1 atom stereocenters. The molecule has 27 heavy (non-hydrogen) atoms. The minimum Gasteiger partial charge on any atom is -1.00 e. The quantitative estimate of drug-likeness (QED) is 0.397. The Balaban J connectivity index is 0.00000140. The number of nitrogens with one attached hydrogen (secondary N) is 1. The number of hydrogen-bond donors (Lipinski definition) is 2. The Labute approximate surface area is 190 Å². The predicted octanol–water partition coefficient (Wildman–Crippen LogP) is 1.73. The van der Waals surface area contributed by atoms with Gasteiger partial charge in [-0.3, -0.25) is 0 Å². The van der Waals surface area contributed by atoms with E-state index in [1.165, 1.54) is 16.7 Å². The fraction of sp³-hybridized carbons (Fsp3) is 0.130. The third kappa shape index (κ3) is 3.70. The van der Waals surface area contributed by atoms with Crippen LogP contribution in [0.15, 0.2) is 103 Å². The zero-order chi connectivity index (χ0) is 17.8. The molecule has 0 saturated heterocycles. The van der Waals surface area contributed by atoms with Crippen molar-refractivity contribution in [1.82, 2.24) is 10.2 Å². The largest absolute Gasteiger partial charge is 1.00 e. The second-order valence-electron chi connectivity index (χ2n) is 6.47. The third-order valence-electron chi connectivity index (χ3n) is 5.05. The molecule has 1 N–H and O–H groups in total. The maximum Gasteiger partial charge on any atom is 1.00 e. The molecular weight excluding hydrogens is 359 g/mol. The average molecular weight is 383 g/mol. The summed E-state index contributed by atoms with van der Waals surface area (Å²) in [6, 6.07) is 32.1. The summed E-state index contributed by atoms with van der Waals surface area (Å²) in [6.45, 7) is 0.752. The van der Waals surface area contributed by atoms with E-state index in [-0.39, 0.29) is 36.4 Å². The van der Waals surface area contributed by atoms with E-state index in [0.717, 1.165) is 6.67 Å². The Bertz CT molecular complexity index is 778. The van der Waals surface area contributed by atoms with Gasteiger partial charge in [-0.1, -0.05) is 91.0 Å². The van der Waals surface area contributed by atoms with Gasteiger partial charge in [0.05, 0.1) is 17.5 Å². The smallest absolute Gasteiger partial charge is 1.00 e. The van der Waals surface area contributed by atoms with E-state index < -0.39 is 5.41 Å². The average Bonchev–Trinajstić information content (AvgIpc) is 3.26. The number of thiol groups is 1. The molecule has 0 amide bonds. The monoisotopic (exact) mass is 382 g/mol. The first-order valence-electron chi connectivity index (χ1n) is 8.84. The van der Waals surface area contributed by atoms with Gasteiger partial charge in [-0.25, -0.2) is 0 Å². The third-order valence-corrected chi connectivity index (χ3v) is 5.73. The summed E-state index contributed by atoms with van der Waals surface area (Å²) >= 11 is 5.17. The first-order valence-corrected chi connectivity index (χ1v) is 9.35. The van der Waals surface area contributed by atoms with Gasteiger partial charge >= 0.3 is 29.6 Å². The van der Waals surface area contributed by atoms with E-state index in [1.807, 2.05) is 6.20 Å². The summed E-state index contributed by atoms with van der Waals surface area (Å²) in [4.78, 5) is 2.25. The molecule has 3 aromatic carbocycles. The first kappa shape index (κ1) is 20.1. The summed E-state index contributed by atoms with van der Waals surface area (Å²) in [7, 11) is 0. The summed E-state index contributed by atoms with van der Waals surface area (Å²) < 4.78 is 0. The van der Waals surface area contributed by atoms with Gasteiger partial charge in [-0.15, -0.1) is 0 Å². The van der Waals surface area contributed by atoms with Crippen molar-refractivity contribution in [3.05, 3.63) is 120 Å². The minimum atomic E-state index is -0.400. The maximum absolute atomic E-state index is 5.17. The van der Waals surface area contributed by atoms with Crippen LogP contribution in [0.2, 0.25) is 0 Å². The van der Waals surface area contributed by atoms with Gasteiger partial charge in [0.1, 0.15) is 0 Å². The molecule has 1 heterocycles.